The first kappa shape index (κ1) is 12.0. The second kappa shape index (κ2) is 5.25. The Bertz CT molecular complexity index is 352. The lowest BCUT2D eigenvalue weighted by Crippen LogP contribution is -2.31. The molecule has 0 radical (unpaired) electrons. The van der Waals surface area contributed by atoms with E-state index in [-0.39, 0.29) is 18.0 Å². The summed E-state index contributed by atoms with van der Waals surface area (Å²) >= 11 is 3.26. The van der Waals surface area contributed by atoms with Gasteiger partial charge in [-0.15, -0.1) is 0 Å². The van der Waals surface area contributed by atoms with Crippen LogP contribution in [0.5, 0.6) is 0 Å². The van der Waals surface area contributed by atoms with Gasteiger partial charge in [0.2, 0.25) is 0 Å². The molecule has 0 spiro atoms. The van der Waals surface area contributed by atoms with Crippen molar-refractivity contribution in [1.82, 2.24) is 0 Å². The maximum atomic E-state index is 13.1. The van der Waals surface area contributed by atoms with Crippen LogP contribution in [0, 0.1) is 5.82 Å². The van der Waals surface area contributed by atoms with E-state index in [1.165, 1.54) is 12.1 Å². The highest BCUT2D eigenvalue weighted by Gasteiger charge is 2.24. The molecule has 0 aliphatic heterocycles. The summed E-state index contributed by atoms with van der Waals surface area (Å²) in [4.78, 5) is 0. The van der Waals surface area contributed by atoms with Gasteiger partial charge in [-0.05, 0) is 43.0 Å². The molecule has 1 fully saturated rings. The molecule has 88 valence electrons. The van der Waals surface area contributed by atoms with Crippen LogP contribution in [-0.2, 0) is 11.3 Å². The lowest BCUT2D eigenvalue weighted by molar-refractivity contribution is 0.0356. The van der Waals surface area contributed by atoms with Crippen LogP contribution >= 0.6 is 15.9 Å². The summed E-state index contributed by atoms with van der Waals surface area (Å²) < 4.78 is 19.5. The first-order valence-electron chi connectivity index (χ1n) is 5.47. The molecule has 0 aromatic heterocycles. The highest BCUT2D eigenvalue weighted by atomic mass is 79.9. The third kappa shape index (κ3) is 3.03. The lowest BCUT2D eigenvalue weighted by Gasteiger charge is -2.16. The van der Waals surface area contributed by atoms with Gasteiger partial charge in [0.1, 0.15) is 5.82 Å². The summed E-state index contributed by atoms with van der Waals surface area (Å²) in [7, 11) is 0. The van der Waals surface area contributed by atoms with Crippen LogP contribution in [-0.4, -0.2) is 12.1 Å². The van der Waals surface area contributed by atoms with Gasteiger partial charge in [0.15, 0.2) is 0 Å². The summed E-state index contributed by atoms with van der Waals surface area (Å²) in [5.74, 6) is -0.247. The zero-order chi connectivity index (χ0) is 11.5. The molecule has 0 bridgehead atoms. The Morgan fingerprint density at radius 1 is 1.38 bits per heavy atom. The number of rotatable bonds is 3. The van der Waals surface area contributed by atoms with Crippen LogP contribution in [0.4, 0.5) is 4.39 Å². The number of hydrogen-bond donors (Lipinski definition) is 1. The highest BCUT2D eigenvalue weighted by Crippen LogP contribution is 2.22. The third-order valence-corrected chi connectivity index (χ3v) is 3.35. The van der Waals surface area contributed by atoms with Gasteiger partial charge in [0, 0.05) is 10.5 Å². The fourth-order valence-corrected chi connectivity index (χ4v) is 2.57. The molecule has 0 amide bonds. The summed E-state index contributed by atoms with van der Waals surface area (Å²) in [6.07, 6.45) is 3.29. The quantitative estimate of drug-likeness (QED) is 0.928. The Labute approximate surface area is 103 Å². The van der Waals surface area contributed by atoms with E-state index in [1.807, 2.05) is 6.07 Å². The number of hydrogen-bond acceptors (Lipinski definition) is 2. The zero-order valence-electron chi connectivity index (χ0n) is 8.96. The fraction of sp³-hybridized carbons (Fsp3) is 0.500. The molecule has 1 aliphatic carbocycles. The van der Waals surface area contributed by atoms with Crippen molar-refractivity contribution in [2.75, 3.05) is 0 Å². The van der Waals surface area contributed by atoms with Crippen LogP contribution in [0.3, 0.4) is 0 Å². The molecular weight excluding hydrogens is 273 g/mol. The largest absolute Gasteiger partial charge is 0.372 e. The van der Waals surface area contributed by atoms with Crippen LogP contribution < -0.4 is 5.73 Å². The Morgan fingerprint density at radius 3 is 2.81 bits per heavy atom. The summed E-state index contributed by atoms with van der Waals surface area (Å²) in [6, 6.07) is 4.93. The highest BCUT2D eigenvalue weighted by molar-refractivity contribution is 9.10. The van der Waals surface area contributed by atoms with Gasteiger partial charge in [-0.2, -0.15) is 0 Å². The van der Waals surface area contributed by atoms with E-state index in [9.17, 15) is 4.39 Å². The maximum Gasteiger partial charge on any atom is 0.124 e. The average molecular weight is 288 g/mol. The molecule has 2 rings (SSSR count). The SMILES string of the molecule is NC1CCCC1OCc1cc(F)cc(Br)c1. The predicted octanol–water partition coefficient (Wildman–Crippen LogP) is 2.98. The predicted molar refractivity (Wildman–Crippen MR) is 64.5 cm³/mol. The van der Waals surface area contributed by atoms with Crippen molar-refractivity contribution in [3.05, 3.63) is 34.1 Å². The molecule has 0 heterocycles. The van der Waals surface area contributed by atoms with E-state index in [2.05, 4.69) is 15.9 Å². The van der Waals surface area contributed by atoms with E-state index in [4.69, 9.17) is 10.5 Å². The molecule has 16 heavy (non-hydrogen) atoms. The van der Waals surface area contributed by atoms with Crippen molar-refractivity contribution in [3.63, 3.8) is 0 Å². The Hall–Kier alpha value is -0.450. The number of ether oxygens (including phenoxy) is 1. The van der Waals surface area contributed by atoms with Crippen LogP contribution in [0.1, 0.15) is 24.8 Å². The van der Waals surface area contributed by atoms with Gasteiger partial charge in [0.25, 0.3) is 0 Å². The minimum Gasteiger partial charge on any atom is -0.372 e. The van der Waals surface area contributed by atoms with Gasteiger partial charge in [-0.1, -0.05) is 15.9 Å². The summed E-state index contributed by atoms with van der Waals surface area (Å²) in [5, 5.41) is 0. The van der Waals surface area contributed by atoms with Crippen molar-refractivity contribution in [2.45, 2.75) is 38.0 Å². The third-order valence-electron chi connectivity index (χ3n) is 2.89. The Balaban J connectivity index is 1.94. The van der Waals surface area contributed by atoms with Crippen LogP contribution in [0.2, 0.25) is 0 Å². The van der Waals surface area contributed by atoms with E-state index in [1.54, 1.807) is 0 Å². The first-order valence-corrected chi connectivity index (χ1v) is 6.26. The average Bonchev–Trinajstić information content (AvgIpc) is 2.59. The maximum absolute atomic E-state index is 13.1. The smallest absolute Gasteiger partial charge is 0.124 e. The molecule has 2 N–H and O–H groups in total. The summed E-state index contributed by atoms with van der Waals surface area (Å²) in [5.41, 5.74) is 6.73. The van der Waals surface area contributed by atoms with E-state index < -0.39 is 0 Å². The van der Waals surface area contributed by atoms with Crippen molar-refractivity contribution in [3.8, 4) is 0 Å². The number of nitrogens with two attached hydrogens (primary N) is 1. The van der Waals surface area contributed by atoms with Gasteiger partial charge in [-0.3, -0.25) is 0 Å². The molecule has 0 saturated heterocycles. The molecule has 1 aromatic carbocycles. The van der Waals surface area contributed by atoms with Gasteiger partial charge in [0.05, 0.1) is 12.7 Å². The van der Waals surface area contributed by atoms with Crippen molar-refractivity contribution >= 4 is 15.9 Å². The molecule has 1 aromatic rings. The van der Waals surface area contributed by atoms with Crippen molar-refractivity contribution in [2.24, 2.45) is 5.73 Å². The van der Waals surface area contributed by atoms with Crippen LogP contribution in [0.15, 0.2) is 22.7 Å². The Kier molecular flexibility index (Phi) is 3.95. The van der Waals surface area contributed by atoms with Gasteiger partial charge >= 0.3 is 0 Å². The van der Waals surface area contributed by atoms with E-state index >= 15 is 0 Å². The fourth-order valence-electron chi connectivity index (χ4n) is 2.06. The topological polar surface area (TPSA) is 35.2 Å². The molecule has 2 nitrogen and oxygen atoms in total. The summed E-state index contributed by atoms with van der Waals surface area (Å²) in [6.45, 7) is 0.425. The molecule has 2 unspecified atom stereocenters. The molecule has 1 saturated carbocycles. The minimum absolute atomic E-state index is 0.127. The van der Waals surface area contributed by atoms with Crippen LogP contribution in [0.25, 0.3) is 0 Å². The lowest BCUT2D eigenvalue weighted by atomic mass is 10.2. The molecule has 4 heteroatoms. The zero-order valence-corrected chi connectivity index (χ0v) is 10.5. The van der Waals surface area contributed by atoms with E-state index in [0.29, 0.717) is 6.61 Å². The molecular formula is C12H15BrFNO. The van der Waals surface area contributed by atoms with Gasteiger partial charge in [-0.25, -0.2) is 4.39 Å². The first-order chi connectivity index (χ1) is 7.65. The minimum atomic E-state index is -0.247. The van der Waals surface area contributed by atoms with E-state index in [0.717, 1.165) is 29.3 Å². The van der Waals surface area contributed by atoms with Crippen molar-refractivity contribution in [1.29, 1.82) is 0 Å². The normalized spacial score (nSPS) is 24.9. The monoisotopic (exact) mass is 287 g/mol. The van der Waals surface area contributed by atoms with Gasteiger partial charge < -0.3 is 10.5 Å². The molecule has 2 atom stereocenters. The Morgan fingerprint density at radius 2 is 2.19 bits per heavy atom. The number of halogens is 2. The molecule has 1 aliphatic rings. The second-order valence-corrected chi connectivity index (χ2v) is 5.14. The second-order valence-electron chi connectivity index (χ2n) is 4.22. The van der Waals surface area contributed by atoms with Crippen molar-refractivity contribution < 1.29 is 9.13 Å². The number of benzene rings is 1. The standard InChI is InChI=1S/C12H15BrFNO/c13-9-4-8(5-10(14)6-9)7-16-12-3-1-2-11(12)15/h4-6,11-12H,1-3,7,15H2.